The Kier molecular flexibility index (Phi) is 4.38. The molecule has 1 aliphatic carbocycles. The highest BCUT2D eigenvalue weighted by molar-refractivity contribution is 7.91. The van der Waals surface area contributed by atoms with Gasteiger partial charge in [0, 0.05) is 11.6 Å². The fourth-order valence-corrected chi connectivity index (χ4v) is 5.39. The second-order valence-electron chi connectivity index (χ2n) is 5.80. The van der Waals surface area contributed by atoms with Crippen LogP contribution in [0.3, 0.4) is 0 Å². The van der Waals surface area contributed by atoms with Crippen molar-refractivity contribution in [2.24, 2.45) is 0 Å². The third-order valence-corrected chi connectivity index (χ3v) is 7.25. The molecule has 0 amide bonds. The normalized spacial score (nSPS) is 17.0. The second kappa shape index (κ2) is 6.14. The topological polar surface area (TPSA) is 72.2 Å². The van der Waals surface area contributed by atoms with Crippen molar-refractivity contribution in [1.29, 1.82) is 0 Å². The van der Waals surface area contributed by atoms with Crippen LogP contribution in [0.25, 0.3) is 10.6 Å². The lowest BCUT2D eigenvalue weighted by molar-refractivity contribution is 0.412. The van der Waals surface area contributed by atoms with E-state index in [4.69, 9.17) is 4.52 Å². The zero-order valence-corrected chi connectivity index (χ0v) is 14.4. The van der Waals surface area contributed by atoms with Gasteiger partial charge in [-0.2, -0.15) is 0 Å². The summed E-state index contributed by atoms with van der Waals surface area (Å²) in [6.45, 7) is 3.80. The average molecular weight is 340 g/mol. The number of nitrogens with zero attached hydrogens (tertiary/aromatic N) is 1. The van der Waals surface area contributed by atoms with Crippen LogP contribution >= 0.6 is 11.3 Å². The van der Waals surface area contributed by atoms with E-state index in [0.29, 0.717) is 9.97 Å². The molecule has 1 saturated carbocycles. The number of aryl methyl sites for hydroxylation is 1. The summed E-state index contributed by atoms with van der Waals surface area (Å²) in [7, 11) is -3.45. The van der Waals surface area contributed by atoms with Crippen molar-refractivity contribution >= 4 is 21.4 Å². The van der Waals surface area contributed by atoms with E-state index in [9.17, 15) is 8.42 Å². The minimum atomic E-state index is -3.45. The van der Waals surface area contributed by atoms with E-state index < -0.39 is 10.0 Å². The van der Waals surface area contributed by atoms with Gasteiger partial charge < -0.3 is 4.52 Å². The lowest BCUT2D eigenvalue weighted by Crippen LogP contribution is -2.35. The molecule has 0 radical (unpaired) electrons. The first kappa shape index (κ1) is 15.7. The monoisotopic (exact) mass is 340 g/mol. The van der Waals surface area contributed by atoms with Gasteiger partial charge in [-0.3, -0.25) is 0 Å². The van der Waals surface area contributed by atoms with Crippen molar-refractivity contribution in [1.82, 2.24) is 9.88 Å². The summed E-state index contributed by atoms with van der Waals surface area (Å²) < 4.78 is 33.4. The minimum Gasteiger partial charge on any atom is -0.355 e. The van der Waals surface area contributed by atoms with Crippen LogP contribution in [0.4, 0.5) is 0 Å². The molecule has 0 bridgehead atoms. The van der Waals surface area contributed by atoms with Gasteiger partial charge in [0.05, 0.1) is 10.6 Å². The van der Waals surface area contributed by atoms with Crippen LogP contribution in [-0.2, 0) is 10.0 Å². The number of aromatic nitrogens is 1. The van der Waals surface area contributed by atoms with Gasteiger partial charge >= 0.3 is 0 Å². The van der Waals surface area contributed by atoms with Crippen molar-refractivity contribution in [3.63, 3.8) is 0 Å². The summed E-state index contributed by atoms with van der Waals surface area (Å²) in [6.07, 6.45) is 5.25. The summed E-state index contributed by atoms with van der Waals surface area (Å²) in [5.41, 5.74) is 1.78. The molecular formula is C15H20N2O3S2. The lowest BCUT2D eigenvalue weighted by atomic mass is 9.96. The third-order valence-electron chi connectivity index (χ3n) is 4.15. The van der Waals surface area contributed by atoms with Crippen LogP contribution in [-0.4, -0.2) is 19.6 Å². The number of nitrogens with one attached hydrogen (secondary N) is 1. The van der Waals surface area contributed by atoms with E-state index in [1.807, 2.05) is 13.8 Å². The van der Waals surface area contributed by atoms with Gasteiger partial charge in [0.25, 0.3) is 0 Å². The van der Waals surface area contributed by atoms with Gasteiger partial charge in [0.1, 0.15) is 4.21 Å². The molecule has 2 aromatic heterocycles. The van der Waals surface area contributed by atoms with E-state index in [2.05, 4.69) is 9.88 Å². The molecule has 0 spiro atoms. The molecular weight excluding hydrogens is 320 g/mol. The molecule has 1 N–H and O–H groups in total. The van der Waals surface area contributed by atoms with E-state index in [0.717, 1.165) is 41.8 Å². The van der Waals surface area contributed by atoms with E-state index >= 15 is 0 Å². The Bertz CT molecular complexity index is 756. The van der Waals surface area contributed by atoms with Crippen LogP contribution < -0.4 is 4.72 Å². The summed E-state index contributed by atoms with van der Waals surface area (Å²) >= 11 is 1.22. The predicted octanol–water partition coefficient (Wildman–Crippen LogP) is 3.63. The molecule has 120 valence electrons. The zero-order valence-electron chi connectivity index (χ0n) is 12.8. The van der Waals surface area contributed by atoms with Gasteiger partial charge in [-0.25, -0.2) is 13.1 Å². The zero-order chi connectivity index (χ0) is 15.7. The average Bonchev–Trinajstić information content (AvgIpc) is 3.09. The van der Waals surface area contributed by atoms with Crippen LogP contribution in [0.2, 0.25) is 0 Å². The number of hydrogen-bond donors (Lipinski definition) is 1. The Labute approximate surface area is 134 Å². The van der Waals surface area contributed by atoms with Crippen LogP contribution in [0.5, 0.6) is 0 Å². The molecule has 22 heavy (non-hydrogen) atoms. The molecule has 0 aromatic carbocycles. The molecule has 7 heteroatoms. The number of rotatable bonds is 4. The summed E-state index contributed by atoms with van der Waals surface area (Å²) in [6, 6.07) is 3.49. The summed E-state index contributed by atoms with van der Waals surface area (Å²) in [5.74, 6) is 0.654. The maximum Gasteiger partial charge on any atom is 0.250 e. The quantitative estimate of drug-likeness (QED) is 0.922. The van der Waals surface area contributed by atoms with Crippen molar-refractivity contribution in [2.45, 2.75) is 56.2 Å². The Morgan fingerprint density at radius 1 is 1.23 bits per heavy atom. The van der Waals surface area contributed by atoms with Crippen LogP contribution in [0.15, 0.2) is 20.9 Å². The van der Waals surface area contributed by atoms with Gasteiger partial charge in [-0.05, 0) is 38.8 Å². The first-order chi connectivity index (χ1) is 10.5. The first-order valence-electron chi connectivity index (χ1n) is 7.53. The van der Waals surface area contributed by atoms with Crippen molar-refractivity contribution in [3.8, 4) is 10.6 Å². The molecule has 3 rings (SSSR count). The standard InChI is InChI=1S/C15H20N2O3S2/c1-10-11(2)16-20-15(10)13-8-9-14(21-13)22(18,19)17-12-6-4-3-5-7-12/h8-9,12,17H,3-7H2,1-2H3. The SMILES string of the molecule is Cc1noc(-c2ccc(S(=O)(=O)NC3CCCCC3)s2)c1C. The van der Waals surface area contributed by atoms with Gasteiger partial charge in [-0.15, -0.1) is 11.3 Å². The molecule has 1 aliphatic rings. The highest BCUT2D eigenvalue weighted by Crippen LogP contribution is 2.34. The van der Waals surface area contributed by atoms with Gasteiger partial charge in [-0.1, -0.05) is 24.4 Å². The predicted molar refractivity (Wildman–Crippen MR) is 86.5 cm³/mol. The maximum absolute atomic E-state index is 12.5. The molecule has 0 atom stereocenters. The Morgan fingerprint density at radius 2 is 1.95 bits per heavy atom. The maximum atomic E-state index is 12.5. The lowest BCUT2D eigenvalue weighted by Gasteiger charge is -2.22. The first-order valence-corrected chi connectivity index (χ1v) is 9.83. The van der Waals surface area contributed by atoms with E-state index in [1.165, 1.54) is 17.8 Å². The van der Waals surface area contributed by atoms with Crippen molar-refractivity contribution in [3.05, 3.63) is 23.4 Å². The summed E-state index contributed by atoms with van der Waals surface area (Å²) in [5, 5.41) is 3.92. The largest absolute Gasteiger partial charge is 0.355 e. The third kappa shape index (κ3) is 3.11. The van der Waals surface area contributed by atoms with Gasteiger partial charge in [0.15, 0.2) is 5.76 Å². The molecule has 1 fully saturated rings. The molecule has 2 aromatic rings. The molecule has 5 nitrogen and oxygen atoms in total. The molecule has 2 heterocycles. The van der Waals surface area contributed by atoms with Crippen LogP contribution in [0, 0.1) is 13.8 Å². The highest BCUT2D eigenvalue weighted by Gasteiger charge is 2.24. The second-order valence-corrected chi connectivity index (χ2v) is 8.82. The Hall–Kier alpha value is -1.18. The molecule has 0 saturated heterocycles. The number of hydrogen-bond acceptors (Lipinski definition) is 5. The molecule has 0 aliphatic heterocycles. The Balaban J connectivity index is 1.81. The number of thiophene rings is 1. The highest BCUT2D eigenvalue weighted by atomic mass is 32.2. The van der Waals surface area contributed by atoms with E-state index in [1.54, 1.807) is 12.1 Å². The summed E-state index contributed by atoms with van der Waals surface area (Å²) in [4.78, 5) is 0.794. The van der Waals surface area contributed by atoms with Crippen LogP contribution in [0.1, 0.15) is 43.4 Å². The Morgan fingerprint density at radius 3 is 2.59 bits per heavy atom. The molecule has 0 unspecified atom stereocenters. The van der Waals surface area contributed by atoms with E-state index in [-0.39, 0.29) is 6.04 Å². The smallest absolute Gasteiger partial charge is 0.250 e. The van der Waals surface area contributed by atoms with Gasteiger partial charge in [0.2, 0.25) is 10.0 Å². The van der Waals surface area contributed by atoms with Crippen molar-refractivity contribution < 1.29 is 12.9 Å². The minimum absolute atomic E-state index is 0.0681. The fraction of sp³-hybridized carbons (Fsp3) is 0.533. The number of sulfonamides is 1. The fourth-order valence-electron chi connectivity index (χ4n) is 2.73. The van der Waals surface area contributed by atoms with Crippen molar-refractivity contribution in [2.75, 3.05) is 0 Å².